The van der Waals surface area contributed by atoms with E-state index in [1.165, 1.54) is 11.1 Å². The summed E-state index contributed by atoms with van der Waals surface area (Å²) in [5, 5.41) is 4.24. The zero-order valence-electron chi connectivity index (χ0n) is 35.0. The van der Waals surface area contributed by atoms with Gasteiger partial charge in [0.25, 0.3) is 0 Å². The first-order valence-electron chi connectivity index (χ1n) is 20.8. The van der Waals surface area contributed by atoms with Crippen LogP contribution in [0.15, 0.2) is 153 Å². The maximum absolute atomic E-state index is 6.92. The number of para-hydroxylation sites is 2. The van der Waals surface area contributed by atoms with Crippen LogP contribution in [0.25, 0.3) is 55.1 Å². The summed E-state index contributed by atoms with van der Waals surface area (Å²) in [5.74, 6) is 1.57. The summed E-state index contributed by atoms with van der Waals surface area (Å²) in [6.07, 6.45) is 5.19. The molecule has 5 nitrogen and oxygen atoms in total. The summed E-state index contributed by atoms with van der Waals surface area (Å²) in [6.45, 7) is 13.5. The van der Waals surface area contributed by atoms with Gasteiger partial charge in [-0.1, -0.05) is 125 Å². The molecule has 9 aromatic rings. The molecule has 1 unspecified atom stereocenters. The van der Waals surface area contributed by atoms with Gasteiger partial charge in [-0.3, -0.25) is 9.98 Å². The molecule has 5 heterocycles. The van der Waals surface area contributed by atoms with Gasteiger partial charge in [0.1, 0.15) is 28.1 Å². The number of ether oxygens (including phenoxy) is 1. The number of nitrogens with zero attached hydrogens (tertiary/aromatic N) is 2. The Balaban J connectivity index is 0.00000445. The third kappa shape index (κ3) is 6.31. The summed E-state index contributed by atoms with van der Waals surface area (Å²) in [5.41, 5.74) is 10.9. The molecule has 0 fully saturated rings. The van der Waals surface area contributed by atoms with Gasteiger partial charge in [0, 0.05) is 16.7 Å². The van der Waals surface area contributed by atoms with Crippen molar-refractivity contribution in [2.75, 3.05) is 0 Å². The van der Waals surface area contributed by atoms with Crippen LogP contribution in [0.4, 0.5) is 0 Å². The van der Waals surface area contributed by atoms with Crippen molar-refractivity contribution in [3.63, 3.8) is 0 Å². The van der Waals surface area contributed by atoms with E-state index in [0.29, 0.717) is 0 Å². The molecular weight excluding hydrogens is 932 g/mol. The molecule has 0 saturated carbocycles. The quantitative estimate of drug-likeness (QED) is 0.165. The molecule has 0 spiro atoms. The Hall–Kier alpha value is -6.03. The van der Waals surface area contributed by atoms with E-state index in [2.05, 4.69) is 151 Å². The van der Waals surface area contributed by atoms with Crippen molar-refractivity contribution in [1.29, 1.82) is 0 Å². The first-order chi connectivity index (χ1) is 28.9. The van der Waals surface area contributed by atoms with Crippen molar-refractivity contribution in [2.24, 2.45) is 4.99 Å². The largest absolute Gasteiger partial charge is 2.00 e. The Labute approximate surface area is 370 Å². The van der Waals surface area contributed by atoms with Crippen LogP contribution in [-0.2, 0) is 37.3 Å². The maximum atomic E-state index is 6.92. The topological polar surface area (TPSA) is 60.8 Å². The predicted octanol–water partition coefficient (Wildman–Crippen LogP) is 14.3. The van der Waals surface area contributed by atoms with Gasteiger partial charge in [-0.25, -0.2) is 0 Å². The van der Waals surface area contributed by atoms with Gasteiger partial charge in [0.05, 0.1) is 23.0 Å². The standard InChI is InChI=1S/C55H44N2O3.Pt/c1-53(2,3)35-23-27-47-41(31-35)55(42-32-36(54(4,5)6)24-28-48(42)60-47,51-19-11-15-43(56-51)33-21-25-39-37-13-7-9-17-45(37)58-49(39)29-33)52-20-12-16-44(57-52)34-22-26-40-38-14-8-10-18-46(38)59-50(40)30-34;/h7-15,17-20,23-32,44H,16H2,1-6H3;/q-2;+2. The first kappa shape index (κ1) is 39.1. The maximum Gasteiger partial charge on any atom is 2.00 e. The molecule has 0 N–H and O–H groups in total. The second-order valence-electron chi connectivity index (χ2n) is 18.3. The fourth-order valence-corrected chi connectivity index (χ4v) is 9.17. The van der Waals surface area contributed by atoms with Crippen LogP contribution in [0, 0.1) is 12.1 Å². The van der Waals surface area contributed by atoms with E-state index in [1.54, 1.807) is 0 Å². The molecule has 0 amide bonds. The minimum absolute atomic E-state index is 0. The molecule has 0 aliphatic carbocycles. The SMILES string of the molecule is CC(C)(C)c1ccc2c(c1)C(C1=NC(c3[c-]cc4c(c3)oc3ccccc34)CC=C1)(c1cccc(-c3[c-]cc4c(c3)oc3ccccc34)n1)c1cc(C(C)(C)C)ccc1O2.[Pt+2]. The van der Waals surface area contributed by atoms with Gasteiger partial charge in [-0.2, -0.15) is 12.1 Å². The van der Waals surface area contributed by atoms with Crippen LogP contribution in [0.5, 0.6) is 11.5 Å². The van der Waals surface area contributed by atoms with Gasteiger partial charge >= 0.3 is 21.1 Å². The zero-order valence-corrected chi connectivity index (χ0v) is 37.3. The molecule has 302 valence electrons. The number of pyridine rings is 1. The number of allylic oxidation sites excluding steroid dienone is 1. The number of aromatic nitrogens is 1. The summed E-state index contributed by atoms with van der Waals surface area (Å²) in [7, 11) is 0. The molecule has 6 aromatic carbocycles. The normalized spacial score (nSPS) is 16.0. The zero-order chi connectivity index (χ0) is 41.0. The predicted molar refractivity (Wildman–Crippen MR) is 243 cm³/mol. The Bertz CT molecular complexity index is 3200. The molecule has 2 aliphatic heterocycles. The number of furan rings is 2. The second kappa shape index (κ2) is 14.3. The average Bonchev–Trinajstić information content (AvgIpc) is 3.82. The van der Waals surface area contributed by atoms with Crippen LogP contribution in [0.3, 0.4) is 0 Å². The number of rotatable bonds is 4. The summed E-state index contributed by atoms with van der Waals surface area (Å²) in [4.78, 5) is 11.4. The van der Waals surface area contributed by atoms with E-state index in [9.17, 15) is 0 Å². The van der Waals surface area contributed by atoms with Crippen molar-refractivity contribution in [3.05, 3.63) is 185 Å². The van der Waals surface area contributed by atoms with Crippen LogP contribution in [-0.4, -0.2) is 10.7 Å². The average molecular weight is 976 g/mol. The third-order valence-electron chi connectivity index (χ3n) is 12.4. The Morgan fingerprint density at radius 1 is 0.607 bits per heavy atom. The Morgan fingerprint density at radius 2 is 1.20 bits per heavy atom. The fourth-order valence-electron chi connectivity index (χ4n) is 9.17. The number of dihydropyridines is 1. The molecule has 0 radical (unpaired) electrons. The van der Waals surface area contributed by atoms with Gasteiger partial charge in [0.2, 0.25) is 0 Å². The molecule has 6 heteroatoms. The molecule has 1 atom stereocenters. The van der Waals surface area contributed by atoms with Crippen molar-refractivity contribution in [3.8, 4) is 22.8 Å². The van der Waals surface area contributed by atoms with Crippen molar-refractivity contribution in [2.45, 2.75) is 70.3 Å². The molecule has 0 saturated heterocycles. The van der Waals surface area contributed by atoms with E-state index in [4.69, 9.17) is 23.5 Å². The molecule has 2 aliphatic rings. The summed E-state index contributed by atoms with van der Waals surface area (Å²) < 4.78 is 19.6. The van der Waals surface area contributed by atoms with Gasteiger partial charge < -0.3 is 13.6 Å². The van der Waals surface area contributed by atoms with E-state index < -0.39 is 5.41 Å². The Morgan fingerprint density at radius 3 is 1.82 bits per heavy atom. The van der Waals surface area contributed by atoms with Crippen molar-refractivity contribution < 1.29 is 34.6 Å². The van der Waals surface area contributed by atoms with Crippen LogP contribution in [0.2, 0.25) is 0 Å². The number of hydrogen-bond donors (Lipinski definition) is 0. The Kier molecular flexibility index (Phi) is 9.16. The number of benzene rings is 6. The van der Waals surface area contributed by atoms with Crippen LogP contribution >= 0.6 is 0 Å². The molecule has 11 rings (SSSR count). The van der Waals surface area contributed by atoms with Crippen molar-refractivity contribution >= 4 is 49.6 Å². The van der Waals surface area contributed by atoms with Crippen molar-refractivity contribution in [1.82, 2.24) is 4.98 Å². The van der Waals surface area contributed by atoms with E-state index in [-0.39, 0.29) is 37.9 Å². The van der Waals surface area contributed by atoms with Crippen LogP contribution in [0.1, 0.15) is 87.5 Å². The molecule has 61 heavy (non-hydrogen) atoms. The first-order valence-corrected chi connectivity index (χ1v) is 20.8. The molecule has 3 aromatic heterocycles. The van der Waals surface area contributed by atoms with Gasteiger partial charge in [-0.15, -0.1) is 29.3 Å². The number of aliphatic imine (C=N–C) groups is 1. The third-order valence-corrected chi connectivity index (χ3v) is 12.4. The van der Waals surface area contributed by atoms with E-state index >= 15 is 0 Å². The smallest absolute Gasteiger partial charge is 0.483 e. The van der Waals surface area contributed by atoms with Gasteiger partial charge in [0.15, 0.2) is 0 Å². The molecule has 0 bridgehead atoms. The summed E-state index contributed by atoms with van der Waals surface area (Å²) in [6, 6.07) is 51.2. The monoisotopic (exact) mass is 975 g/mol. The summed E-state index contributed by atoms with van der Waals surface area (Å²) >= 11 is 0. The minimum atomic E-state index is -0.969. The minimum Gasteiger partial charge on any atom is -0.483 e. The second-order valence-corrected chi connectivity index (χ2v) is 18.3. The van der Waals surface area contributed by atoms with E-state index in [0.717, 1.165) is 101 Å². The van der Waals surface area contributed by atoms with Gasteiger partial charge in [-0.05, 0) is 93.4 Å². The fraction of sp³-hybridized carbons (Fsp3) is 0.200. The number of hydrogen-bond acceptors (Lipinski definition) is 5. The van der Waals surface area contributed by atoms with E-state index in [1.807, 2.05) is 42.5 Å². The number of fused-ring (bicyclic) bond motifs is 8. The van der Waals surface area contributed by atoms with Crippen LogP contribution < -0.4 is 4.74 Å². The molecular formula is C55H44N2O3Pt.